The van der Waals surface area contributed by atoms with E-state index < -0.39 is 15.6 Å². The zero-order valence-corrected chi connectivity index (χ0v) is 14.8. The number of carbonyl (C=O) groups excluding carboxylic acids is 1. The number of amides is 1. The number of rotatable bonds is 6. The third-order valence-corrected chi connectivity index (χ3v) is 3.95. The van der Waals surface area contributed by atoms with Gasteiger partial charge in [0, 0.05) is 25.7 Å². The maximum absolute atomic E-state index is 12.0. The zero-order valence-electron chi connectivity index (χ0n) is 14.0. The van der Waals surface area contributed by atoms with Gasteiger partial charge in [-0.25, -0.2) is 17.9 Å². The molecule has 0 radical (unpaired) electrons. The highest BCUT2D eigenvalue weighted by atomic mass is 32.2. The summed E-state index contributed by atoms with van der Waals surface area (Å²) >= 11 is 0. The Labute approximate surface area is 133 Å². The first kappa shape index (κ1) is 19.2. The molecule has 0 aromatic heterocycles. The molecular formula is C14H29N3O4S. The quantitative estimate of drug-likeness (QED) is 0.705. The average molecular weight is 335 g/mol. The highest BCUT2D eigenvalue weighted by Gasteiger charge is 2.27. The van der Waals surface area contributed by atoms with Gasteiger partial charge in [0.25, 0.3) is 0 Å². The summed E-state index contributed by atoms with van der Waals surface area (Å²) in [5.74, 6) is 0. The van der Waals surface area contributed by atoms with E-state index in [1.165, 1.54) is 0 Å². The van der Waals surface area contributed by atoms with Crippen molar-refractivity contribution in [2.45, 2.75) is 51.7 Å². The third-order valence-electron chi connectivity index (χ3n) is 3.22. The van der Waals surface area contributed by atoms with Crippen molar-refractivity contribution in [2.75, 3.05) is 32.4 Å². The average Bonchev–Trinajstić information content (AvgIpc) is 2.35. The number of ether oxygens (including phenoxy) is 1. The molecule has 1 atom stereocenters. The molecule has 0 aromatic rings. The molecule has 1 heterocycles. The van der Waals surface area contributed by atoms with E-state index in [1.807, 2.05) is 20.8 Å². The van der Waals surface area contributed by atoms with Crippen molar-refractivity contribution in [1.29, 1.82) is 0 Å². The van der Waals surface area contributed by atoms with Gasteiger partial charge in [0.1, 0.15) is 5.60 Å². The molecule has 130 valence electrons. The molecule has 22 heavy (non-hydrogen) atoms. The van der Waals surface area contributed by atoms with Gasteiger partial charge in [-0.2, -0.15) is 0 Å². The predicted octanol–water partition coefficient (Wildman–Crippen LogP) is 0.915. The number of sulfonamides is 1. The Balaban J connectivity index is 2.27. The molecule has 1 rings (SSSR count). The van der Waals surface area contributed by atoms with E-state index in [9.17, 15) is 13.2 Å². The van der Waals surface area contributed by atoms with Gasteiger partial charge in [0.2, 0.25) is 10.0 Å². The fraction of sp³-hybridized carbons (Fsp3) is 0.929. The molecule has 0 aliphatic carbocycles. The van der Waals surface area contributed by atoms with Crippen LogP contribution in [-0.2, 0) is 14.8 Å². The smallest absolute Gasteiger partial charge is 0.410 e. The van der Waals surface area contributed by atoms with Crippen LogP contribution in [0, 0.1) is 0 Å². The summed E-state index contributed by atoms with van der Waals surface area (Å²) in [6.45, 7) is 8.08. The summed E-state index contributed by atoms with van der Waals surface area (Å²) in [5, 5.41) is 3.37. The number of hydrogen-bond donors (Lipinski definition) is 2. The van der Waals surface area contributed by atoms with E-state index >= 15 is 0 Å². The molecule has 1 saturated heterocycles. The molecule has 1 amide bonds. The second-order valence-electron chi connectivity index (χ2n) is 6.74. The van der Waals surface area contributed by atoms with Gasteiger partial charge in [-0.1, -0.05) is 0 Å². The number of likely N-dealkylation sites (tertiary alicyclic amines) is 1. The number of nitrogens with one attached hydrogen (secondary N) is 2. The van der Waals surface area contributed by atoms with E-state index in [-0.39, 0.29) is 12.1 Å². The number of nitrogens with zero attached hydrogens (tertiary/aromatic N) is 1. The van der Waals surface area contributed by atoms with E-state index in [2.05, 4.69) is 10.0 Å². The fourth-order valence-electron chi connectivity index (χ4n) is 2.29. The first-order valence-corrected chi connectivity index (χ1v) is 9.62. The van der Waals surface area contributed by atoms with Crippen LogP contribution in [-0.4, -0.2) is 63.5 Å². The molecule has 0 saturated carbocycles. The number of piperidine rings is 1. The highest BCUT2D eigenvalue weighted by Crippen LogP contribution is 2.15. The first-order valence-electron chi connectivity index (χ1n) is 7.73. The van der Waals surface area contributed by atoms with E-state index in [1.54, 1.807) is 4.90 Å². The zero-order chi connectivity index (χ0) is 16.8. The molecular weight excluding hydrogens is 306 g/mol. The van der Waals surface area contributed by atoms with Crippen LogP contribution in [0.15, 0.2) is 0 Å². The lowest BCUT2D eigenvalue weighted by atomic mass is 10.1. The highest BCUT2D eigenvalue weighted by molar-refractivity contribution is 7.88. The largest absolute Gasteiger partial charge is 0.444 e. The standard InChI is InChI=1S/C14H29N3O4S/c1-14(2,3)21-13(18)17-10-5-7-12(11-17)15-8-6-9-16-22(4,19)20/h12,15-16H,5-11H2,1-4H3. The van der Waals surface area contributed by atoms with Gasteiger partial charge in [-0.05, 0) is 46.6 Å². The summed E-state index contributed by atoms with van der Waals surface area (Å²) in [5.41, 5.74) is -0.477. The van der Waals surface area contributed by atoms with Crippen molar-refractivity contribution in [1.82, 2.24) is 14.9 Å². The third kappa shape index (κ3) is 8.55. The monoisotopic (exact) mass is 335 g/mol. The lowest BCUT2D eigenvalue weighted by Crippen LogP contribution is -2.49. The van der Waals surface area contributed by atoms with Gasteiger partial charge in [0.05, 0.1) is 6.26 Å². The SMILES string of the molecule is CC(C)(C)OC(=O)N1CCCC(NCCCNS(C)(=O)=O)C1. The summed E-state index contributed by atoms with van der Waals surface area (Å²) in [4.78, 5) is 13.8. The summed E-state index contributed by atoms with van der Waals surface area (Å²) < 4.78 is 29.7. The van der Waals surface area contributed by atoms with Crippen LogP contribution >= 0.6 is 0 Å². The summed E-state index contributed by atoms with van der Waals surface area (Å²) in [7, 11) is -3.11. The molecule has 0 spiro atoms. The lowest BCUT2D eigenvalue weighted by Gasteiger charge is -2.34. The second-order valence-corrected chi connectivity index (χ2v) is 8.57. The molecule has 1 aliphatic rings. The maximum atomic E-state index is 12.0. The predicted molar refractivity (Wildman–Crippen MR) is 86.3 cm³/mol. The summed E-state index contributed by atoms with van der Waals surface area (Å²) in [6, 6.07) is 0.236. The molecule has 0 bridgehead atoms. The Bertz CT molecular complexity index is 459. The minimum absolute atomic E-state index is 0.236. The van der Waals surface area contributed by atoms with Crippen LogP contribution in [0.1, 0.15) is 40.0 Å². The first-order chi connectivity index (χ1) is 10.1. The second kappa shape index (κ2) is 8.12. The van der Waals surface area contributed by atoms with Crippen LogP contribution in [0.4, 0.5) is 4.79 Å². The van der Waals surface area contributed by atoms with Crippen molar-refractivity contribution < 1.29 is 17.9 Å². The lowest BCUT2D eigenvalue weighted by molar-refractivity contribution is 0.0188. The summed E-state index contributed by atoms with van der Waals surface area (Å²) in [6.07, 6.45) is 3.56. The van der Waals surface area contributed by atoms with Crippen LogP contribution in [0.25, 0.3) is 0 Å². The van der Waals surface area contributed by atoms with Crippen molar-refractivity contribution in [3.05, 3.63) is 0 Å². The van der Waals surface area contributed by atoms with Crippen molar-refractivity contribution in [2.24, 2.45) is 0 Å². The van der Waals surface area contributed by atoms with Gasteiger partial charge >= 0.3 is 6.09 Å². The minimum atomic E-state index is -3.11. The minimum Gasteiger partial charge on any atom is -0.444 e. The van der Waals surface area contributed by atoms with Gasteiger partial charge in [-0.15, -0.1) is 0 Å². The van der Waals surface area contributed by atoms with Gasteiger partial charge in [-0.3, -0.25) is 0 Å². The Kier molecular flexibility index (Phi) is 7.08. The number of hydrogen-bond acceptors (Lipinski definition) is 5. The Morgan fingerprint density at radius 1 is 1.32 bits per heavy atom. The van der Waals surface area contributed by atoms with Gasteiger partial charge < -0.3 is 15.0 Å². The van der Waals surface area contributed by atoms with Crippen LogP contribution in [0.3, 0.4) is 0 Å². The molecule has 2 N–H and O–H groups in total. The molecule has 1 fully saturated rings. The molecule has 1 unspecified atom stereocenters. The maximum Gasteiger partial charge on any atom is 0.410 e. The van der Waals surface area contributed by atoms with Crippen molar-refractivity contribution in [3.8, 4) is 0 Å². The fourth-order valence-corrected chi connectivity index (χ4v) is 2.80. The molecule has 8 heteroatoms. The van der Waals surface area contributed by atoms with Crippen molar-refractivity contribution >= 4 is 16.1 Å². The molecule has 0 aromatic carbocycles. The van der Waals surface area contributed by atoms with E-state index in [0.29, 0.717) is 13.1 Å². The molecule has 1 aliphatic heterocycles. The number of carbonyl (C=O) groups is 1. The Hall–Kier alpha value is -0.860. The van der Waals surface area contributed by atoms with Gasteiger partial charge in [0.15, 0.2) is 0 Å². The topological polar surface area (TPSA) is 87.7 Å². The molecule has 7 nitrogen and oxygen atoms in total. The normalized spacial score (nSPS) is 20.0. The van der Waals surface area contributed by atoms with Crippen LogP contribution in [0.2, 0.25) is 0 Å². The van der Waals surface area contributed by atoms with Crippen LogP contribution < -0.4 is 10.0 Å². The Morgan fingerprint density at radius 2 is 2.00 bits per heavy atom. The van der Waals surface area contributed by atoms with Crippen molar-refractivity contribution in [3.63, 3.8) is 0 Å². The van der Waals surface area contributed by atoms with E-state index in [0.717, 1.165) is 38.6 Å². The van der Waals surface area contributed by atoms with E-state index in [4.69, 9.17) is 4.74 Å². The van der Waals surface area contributed by atoms with Crippen LogP contribution in [0.5, 0.6) is 0 Å². The Morgan fingerprint density at radius 3 is 2.59 bits per heavy atom.